The van der Waals surface area contributed by atoms with Crippen LogP contribution in [0.5, 0.6) is 0 Å². The minimum atomic E-state index is -0.317. The lowest BCUT2D eigenvalue weighted by atomic mass is 10.2. The molecule has 0 spiro atoms. The molecule has 20 heavy (non-hydrogen) atoms. The number of fused-ring (bicyclic) bond motifs is 1. The standard InChI is InChI=1S/C14H14FN5/c1-7-8(2)17-14(19-13(7)16)20-9(3)18-11-6-10(15)4-5-12(11)20/h4-6H,1-3H3,(H2,16,17,19). The van der Waals surface area contributed by atoms with Crippen LogP contribution in [-0.2, 0) is 0 Å². The Balaban J connectivity index is 2.32. The maximum absolute atomic E-state index is 13.3. The number of nitrogens with two attached hydrogens (primary N) is 1. The smallest absolute Gasteiger partial charge is 0.237 e. The highest BCUT2D eigenvalue weighted by Gasteiger charge is 2.14. The Morgan fingerprint density at radius 2 is 1.85 bits per heavy atom. The number of hydrogen-bond donors (Lipinski definition) is 1. The summed E-state index contributed by atoms with van der Waals surface area (Å²) in [5.41, 5.74) is 8.91. The molecule has 1 aromatic carbocycles. The van der Waals surface area contributed by atoms with Crippen molar-refractivity contribution in [3.63, 3.8) is 0 Å². The zero-order valence-electron chi connectivity index (χ0n) is 11.5. The molecule has 102 valence electrons. The molecule has 0 bridgehead atoms. The zero-order chi connectivity index (χ0) is 14.4. The van der Waals surface area contributed by atoms with Crippen molar-refractivity contribution in [1.82, 2.24) is 19.5 Å². The summed E-state index contributed by atoms with van der Waals surface area (Å²) in [5.74, 6) is 1.27. The molecule has 0 radical (unpaired) electrons. The van der Waals surface area contributed by atoms with E-state index >= 15 is 0 Å². The van der Waals surface area contributed by atoms with Crippen molar-refractivity contribution in [1.29, 1.82) is 0 Å². The third-order valence-electron chi connectivity index (χ3n) is 3.40. The van der Waals surface area contributed by atoms with Gasteiger partial charge in [-0.15, -0.1) is 0 Å². The summed E-state index contributed by atoms with van der Waals surface area (Å²) in [6, 6.07) is 4.45. The molecule has 0 aliphatic rings. The number of imidazole rings is 1. The maximum atomic E-state index is 13.3. The largest absolute Gasteiger partial charge is 0.383 e. The Kier molecular flexibility index (Phi) is 2.67. The van der Waals surface area contributed by atoms with Crippen molar-refractivity contribution in [2.24, 2.45) is 0 Å². The van der Waals surface area contributed by atoms with E-state index in [1.165, 1.54) is 12.1 Å². The predicted octanol–water partition coefficient (Wildman–Crippen LogP) is 2.46. The molecule has 0 fully saturated rings. The van der Waals surface area contributed by atoms with Gasteiger partial charge in [0.25, 0.3) is 0 Å². The fourth-order valence-corrected chi connectivity index (χ4v) is 2.16. The van der Waals surface area contributed by atoms with Gasteiger partial charge >= 0.3 is 0 Å². The highest BCUT2D eigenvalue weighted by atomic mass is 19.1. The van der Waals surface area contributed by atoms with Gasteiger partial charge in [-0.3, -0.25) is 4.57 Å². The molecule has 3 rings (SSSR count). The van der Waals surface area contributed by atoms with Crippen molar-refractivity contribution in [2.45, 2.75) is 20.8 Å². The lowest BCUT2D eigenvalue weighted by molar-refractivity contribution is 0.629. The zero-order valence-corrected chi connectivity index (χ0v) is 11.5. The van der Waals surface area contributed by atoms with Crippen LogP contribution in [0.4, 0.5) is 10.2 Å². The van der Waals surface area contributed by atoms with Crippen LogP contribution in [0.25, 0.3) is 17.0 Å². The Morgan fingerprint density at radius 1 is 1.10 bits per heavy atom. The summed E-state index contributed by atoms with van der Waals surface area (Å²) in [6.07, 6.45) is 0. The quantitative estimate of drug-likeness (QED) is 0.738. The van der Waals surface area contributed by atoms with E-state index in [4.69, 9.17) is 5.73 Å². The molecule has 0 saturated heterocycles. The minimum absolute atomic E-state index is 0.317. The molecule has 0 unspecified atom stereocenters. The first kappa shape index (κ1) is 12.5. The average Bonchev–Trinajstić information content (AvgIpc) is 2.70. The Bertz CT molecular complexity index is 799. The van der Waals surface area contributed by atoms with Gasteiger partial charge in [0.2, 0.25) is 5.95 Å². The number of hydrogen-bond acceptors (Lipinski definition) is 4. The first-order valence-corrected chi connectivity index (χ1v) is 6.23. The second-order valence-corrected chi connectivity index (χ2v) is 4.75. The second-order valence-electron chi connectivity index (χ2n) is 4.75. The van der Waals surface area contributed by atoms with E-state index in [1.54, 1.807) is 10.6 Å². The molecule has 0 aliphatic heterocycles. The van der Waals surface area contributed by atoms with E-state index in [0.29, 0.717) is 23.1 Å². The number of aromatic nitrogens is 4. The highest BCUT2D eigenvalue weighted by molar-refractivity contribution is 5.77. The van der Waals surface area contributed by atoms with Crippen LogP contribution in [0.3, 0.4) is 0 Å². The first-order valence-electron chi connectivity index (χ1n) is 6.23. The summed E-state index contributed by atoms with van der Waals surface area (Å²) in [6.45, 7) is 5.58. The Labute approximate surface area is 115 Å². The molecule has 6 heteroatoms. The minimum Gasteiger partial charge on any atom is -0.383 e. The van der Waals surface area contributed by atoms with Crippen molar-refractivity contribution in [3.8, 4) is 5.95 Å². The first-order chi connectivity index (χ1) is 9.47. The maximum Gasteiger partial charge on any atom is 0.237 e. The van der Waals surface area contributed by atoms with Crippen LogP contribution in [0, 0.1) is 26.6 Å². The van der Waals surface area contributed by atoms with Crippen LogP contribution < -0.4 is 5.73 Å². The average molecular weight is 271 g/mol. The van der Waals surface area contributed by atoms with Gasteiger partial charge in [0, 0.05) is 17.3 Å². The van der Waals surface area contributed by atoms with E-state index in [2.05, 4.69) is 15.0 Å². The summed E-state index contributed by atoms with van der Waals surface area (Å²) >= 11 is 0. The van der Waals surface area contributed by atoms with Crippen molar-refractivity contribution in [3.05, 3.63) is 41.1 Å². The van der Waals surface area contributed by atoms with Crippen LogP contribution in [-0.4, -0.2) is 19.5 Å². The summed E-state index contributed by atoms with van der Waals surface area (Å²) in [4.78, 5) is 13.1. The molecule has 3 aromatic rings. The lowest BCUT2D eigenvalue weighted by Crippen LogP contribution is -2.08. The number of halogens is 1. The van der Waals surface area contributed by atoms with E-state index in [9.17, 15) is 4.39 Å². The van der Waals surface area contributed by atoms with Crippen LogP contribution in [0.1, 0.15) is 17.1 Å². The van der Waals surface area contributed by atoms with Gasteiger partial charge in [0.15, 0.2) is 0 Å². The van der Waals surface area contributed by atoms with Crippen molar-refractivity contribution in [2.75, 3.05) is 5.73 Å². The molecular weight excluding hydrogens is 257 g/mol. The molecule has 0 atom stereocenters. The van der Waals surface area contributed by atoms with Gasteiger partial charge in [-0.2, -0.15) is 4.98 Å². The lowest BCUT2D eigenvalue weighted by Gasteiger charge is -2.09. The van der Waals surface area contributed by atoms with Crippen LogP contribution in [0.2, 0.25) is 0 Å². The van der Waals surface area contributed by atoms with Crippen LogP contribution in [0.15, 0.2) is 18.2 Å². The molecule has 0 saturated carbocycles. The number of aryl methyl sites for hydroxylation is 2. The number of benzene rings is 1. The predicted molar refractivity (Wildman–Crippen MR) is 75.2 cm³/mol. The monoisotopic (exact) mass is 271 g/mol. The SMILES string of the molecule is Cc1nc(-n2c(C)nc3cc(F)ccc32)nc(N)c1C. The van der Waals surface area contributed by atoms with E-state index in [1.807, 2.05) is 20.8 Å². The highest BCUT2D eigenvalue weighted by Crippen LogP contribution is 2.22. The molecule has 0 aliphatic carbocycles. The third-order valence-corrected chi connectivity index (χ3v) is 3.40. The van der Waals surface area contributed by atoms with Gasteiger partial charge in [-0.25, -0.2) is 14.4 Å². The number of rotatable bonds is 1. The normalized spacial score (nSPS) is 11.2. The topological polar surface area (TPSA) is 69.6 Å². The number of nitrogen functional groups attached to an aromatic ring is 1. The van der Waals surface area contributed by atoms with Crippen LogP contribution >= 0.6 is 0 Å². The molecule has 2 N–H and O–H groups in total. The van der Waals surface area contributed by atoms with E-state index < -0.39 is 0 Å². The second kappa shape index (κ2) is 4.26. The molecule has 2 aromatic heterocycles. The summed E-state index contributed by atoms with van der Waals surface area (Å²) in [7, 11) is 0. The van der Waals surface area contributed by atoms with Crippen molar-refractivity contribution >= 4 is 16.9 Å². The molecule has 0 amide bonds. The molecule has 5 nitrogen and oxygen atoms in total. The molecule has 2 heterocycles. The van der Waals surface area contributed by atoms with Gasteiger partial charge in [0.1, 0.15) is 17.5 Å². The Hall–Kier alpha value is -2.50. The van der Waals surface area contributed by atoms with E-state index in [0.717, 1.165) is 16.8 Å². The summed E-state index contributed by atoms with van der Waals surface area (Å²) < 4.78 is 15.0. The van der Waals surface area contributed by atoms with Gasteiger partial charge in [0.05, 0.1) is 11.0 Å². The fraction of sp³-hybridized carbons (Fsp3) is 0.214. The Morgan fingerprint density at radius 3 is 2.55 bits per heavy atom. The van der Waals surface area contributed by atoms with Gasteiger partial charge < -0.3 is 5.73 Å². The summed E-state index contributed by atoms with van der Waals surface area (Å²) in [5, 5.41) is 0. The van der Waals surface area contributed by atoms with Gasteiger partial charge in [-0.1, -0.05) is 0 Å². The molecular formula is C14H14FN5. The van der Waals surface area contributed by atoms with Crippen molar-refractivity contribution < 1.29 is 4.39 Å². The fourth-order valence-electron chi connectivity index (χ4n) is 2.16. The van der Waals surface area contributed by atoms with Gasteiger partial charge in [-0.05, 0) is 32.9 Å². The number of nitrogens with zero attached hydrogens (tertiary/aromatic N) is 4. The third kappa shape index (κ3) is 1.80. The number of anilines is 1. The van der Waals surface area contributed by atoms with E-state index in [-0.39, 0.29) is 5.82 Å².